The van der Waals surface area contributed by atoms with Crippen LogP contribution in [0.2, 0.25) is 0 Å². The van der Waals surface area contributed by atoms with E-state index in [0.29, 0.717) is 5.82 Å². The van der Waals surface area contributed by atoms with E-state index in [-0.39, 0.29) is 0 Å². The molecule has 4 nitrogen and oxygen atoms in total. The first kappa shape index (κ1) is 10.2. The van der Waals surface area contributed by atoms with Crippen molar-refractivity contribution in [3.8, 4) is 0 Å². The Morgan fingerprint density at radius 2 is 1.94 bits per heavy atom. The van der Waals surface area contributed by atoms with Gasteiger partial charge in [-0.3, -0.25) is 0 Å². The van der Waals surface area contributed by atoms with Crippen molar-refractivity contribution in [2.24, 2.45) is 5.73 Å². The normalized spacial score (nSPS) is 12.8. The molecule has 0 fully saturated rings. The molecule has 0 saturated carbocycles. The fraction of sp³-hybridized carbons (Fsp3) is 0. The lowest BCUT2D eigenvalue weighted by atomic mass is 10.2. The lowest BCUT2D eigenvalue weighted by molar-refractivity contribution is 0.255. The quantitative estimate of drug-likeness (QED) is 0.774. The Hall–Kier alpha value is -2.01. The highest BCUT2D eigenvalue weighted by atomic mass is 32.2. The van der Waals surface area contributed by atoms with Crippen LogP contribution >= 0.6 is 11.8 Å². The van der Waals surface area contributed by atoms with E-state index in [1.165, 1.54) is 4.90 Å². The molecule has 84 valence electrons. The summed E-state index contributed by atoms with van der Waals surface area (Å²) in [7, 11) is 0. The summed E-state index contributed by atoms with van der Waals surface area (Å²) in [4.78, 5) is 19.2. The largest absolute Gasteiger partial charge is 0.351 e. The maximum Gasteiger partial charge on any atom is 0.325 e. The van der Waals surface area contributed by atoms with Crippen LogP contribution < -0.4 is 10.6 Å². The SMILES string of the molecule is NC(=O)N1c2ccccc2Sc2cccnc21. The number of rotatable bonds is 0. The zero-order valence-corrected chi connectivity index (χ0v) is 9.65. The number of hydrogen-bond donors (Lipinski definition) is 1. The van der Waals surface area contributed by atoms with Crippen LogP contribution in [0.4, 0.5) is 16.3 Å². The van der Waals surface area contributed by atoms with Crippen molar-refractivity contribution in [3.05, 3.63) is 42.6 Å². The summed E-state index contributed by atoms with van der Waals surface area (Å²) in [6.45, 7) is 0. The second-order valence-electron chi connectivity index (χ2n) is 3.57. The predicted molar refractivity (Wildman–Crippen MR) is 66.5 cm³/mol. The fourth-order valence-electron chi connectivity index (χ4n) is 1.81. The summed E-state index contributed by atoms with van der Waals surface area (Å²) in [5.41, 5.74) is 6.22. The van der Waals surface area contributed by atoms with Crippen molar-refractivity contribution in [3.63, 3.8) is 0 Å². The van der Waals surface area contributed by atoms with Gasteiger partial charge in [0, 0.05) is 11.1 Å². The van der Waals surface area contributed by atoms with Gasteiger partial charge in [-0.05, 0) is 24.3 Å². The number of nitrogens with two attached hydrogens (primary N) is 1. The van der Waals surface area contributed by atoms with E-state index in [0.717, 1.165) is 15.5 Å². The van der Waals surface area contributed by atoms with E-state index in [9.17, 15) is 4.79 Å². The molecular weight excluding hydrogens is 234 g/mol. The number of fused-ring (bicyclic) bond motifs is 2. The number of anilines is 2. The standard InChI is InChI=1S/C12H9N3OS/c13-12(16)15-8-4-1-2-5-9(8)17-10-6-3-7-14-11(10)15/h1-7H,(H2,13,16). The third kappa shape index (κ3) is 1.55. The maximum atomic E-state index is 11.6. The van der Waals surface area contributed by atoms with Crippen LogP contribution in [0, 0.1) is 0 Å². The molecular formula is C12H9N3OS. The Bertz CT molecular complexity index is 554. The number of amides is 2. The average molecular weight is 243 g/mol. The molecule has 2 amide bonds. The number of urea groups is 1. The Labute approximate surface area is 102 Å². The lowest BCUT2D eigenvalue weighted by Crippen LogP contribution is -2.33. The van der Waals surface area contributed by atoms with Crippen LogP contribution in [0.15, 0.2) is 52.4 Å². The van der Waals surface area contributed by atoms with Gasteiger partial charge in [-0.25, -0.2) is 14.7 Å². The fourth-order valence-corrected chi connectivity index (χ4v) is 2.84. The number of benzene rings is 1. The molecule has 3 rings (SSSR count). The highest BCUT2D eigenvalue weighted by Gasteiger charge is 2.27. The first-order valence-corrected chi connectivity index (χ1v) is 5.90. The van der Waals surface area contributed by atoms with Crippen LogP contribution in [0.3, 0.4) is 0 Å². The van der Waals surface area contributed by atoms with Gasteiger partial charge >= 0.3 is 6.03 Å². The van der Waals surface area contributed by atoms with Crippen molar-refractivity contribution in [1.82, 2.24) is 4.98 Å². The van der Waals surface area contributed by atoms with Gasteiger partial charge in [0.15, 0.2) is 5.82 Å². The van der Waals surface area contributed by atoms with Gasteiger partial charge in [0.2, 0.25) is 0 Å². The molecule has 0 radical (unpaired) electrons. The summed E-state index contributed by atoms with van der Waals surface area (Å²) in [6, 6.07) is 10.9. The molecule has 0 atom stereocenters. The molecule has 1 aromatic heterocycles. The van der Waals surface area contributed by atoms with Gasteiger partial charge in [-0.1, -0.05) is 23.9 Å². The zero-order chi connectivity index (χ0) is 11.8. The summed E-state index contributed by atoms with van der Waals surface area (Å²) >= 11 is 1.59. The first-order chi connectivity index (χ1) is 8.27. The van der Waals surface area contributed by atoms with Gasteiger partial charge in [-0.2, -0.15) is 0 Å². The smallest absolute Gasteiger partial charge is 0.325 e. The van der Waals surface area contributed by atoms with Crippen molar-refractivity contribution in [2.45, 2.75) is 9.79 Å². The Morgan fingerprint density at radius 1 is 1.18 bits per heavy atom. The predicted octanol–water partition coefficient (Wildman–Crippen LogP) is 2.76. The maximum absolute atomic E-state index is 11.6. The van der Waals surface area contributed by atoms with E-state index in [2.05, 4.69) is 4.98 Å². The van der Waals surface area contributed by atoms with Gasteiger partial charge < -0.3 is 5.73 Å². The number of hydrogen-bond acceptors (Lipinski definition) is 3. The molecule has 1 aliphatic rings. The van der Waals surface area contributed by atoms with Gasteiger partial charge in [0.05, 0.1) is 10.6 Å². The van der Waals surface area contributed by atoms with Gasteiger partial charge in [0.25, 0.3) is 0 Å². The third-order valence-corrected chi connectivity index (χ3v) is 3.61. The minimum atomic E-state index is -0.516. The van der Waals surface area contributed by atoms with E-state index in [1.54, 1.807) is 18.0 Å². The molecule has 0 bridgehead atoms. The Kier molecular flexibility index (Phi) is 2.26. The molecule has 1 aliphatic heterocycles. The molecule has 2 heterocycles. The summed E-state index contributed by atoms with van der Waals surface area (Å²) in [5, 5.41) is 0. The van der Waals surface area contributed by atoms with E-state index in [4.69, 9.17) is 5.73 Å². The van der Waals surface area contributed by atoms with Crippen LogP contribution in [0.1, 0.15) is 0 Å². The van der Waals surface area contributed by atoms with Crippen LogP contribution in [-0.2, 0) is 0 Å². The van der Waals surface area contributed by atoms with Crippen molar-refractivity contribution in [1.29, 1.82) is 0 Å². The number of para-hydroxylation sites is 1. The molecule has 2 N–H and O–H groups in total. The van der Waals surface area contributed by atoms with Gasteiger partial charge in [-0.15, -0.1) is 0 Å². The topological polar surface area (TPSA) is 59.2 Å². The van der Waals surface area contributed by atoms with Crippen LogP contribution in [0.5, 0.6) is 0 Å². The molecule has 5 heteroatoms. The first-order valence-electron chi connectivity index (χ1n) is 5.09. The highest BCUT2D eigenvalue weighted by Crippen LogP contribution is 2.46. The second kappa shape index (κ2) is 3.78. The molecule has 0 spiro atoms. The minimum absolute atomic E-state index is 0.516. The number of aromatic nitrogens is 1. The highest BCUT2D eigenvalue weighted by molar-refractivity contribution is 7.99. The average Bonchev–Trinajstić information content (AvgIpc) is 2.35. The summed E-state index contributed by atoms with van der Waals surface area (Å²) < 4.78 is 0. The molecule has 0 unspecified atom stereocenters. The van der Waals surface area contributed by atoms with Crippen LogP contribution in [0.25, 0.3) is 0 Å². The van der Waals surface area contributed by atoms with Crippen molar-refractivity contribution >= 4 is 29.3 Å². The number of carbonyl (C=O) groups is 1. The molecule has 0 saturated heterocycles. The van der Waals surface area contributed by atoms with Gasteiger partial charge in [0.1, 0.15) is 0 Å². The third-order valence-electron chi connectivity index (χ3n) is 2.51. The van der Waals surface area contributed by atoms with E-state index >= 15 is 0 Å². The second-order valence-corrected chi connectivity index (χ2v) is 4.65. The zero-order valence-electron chi connectivity index (χ0n) is 8.83. The monoisotopic (exact) mass is 243 g/mol. The van der Waals surface area contributed by atoms with Crippen molar-refractivity contribution < 1.29 is 4.79 Å². The molecule has 1 aromatic carbocycles. The molecule has 0 aliphatic carbocycles. The number of pyridine rings is 1. The number of nitrogens with zero attached hydrogens (tertiary/aromatic N) is 2. The lowest BCUT2D eigenvalue weighted by Gasteiger charge is -2.28. The van der Waals surface area contributed by atoms with E-state index in [1.807, 2.05) is 36.4 Å². The summed E-state index contributed by atoms with van der Waals surface area (Å²) in [6.07, 6.45) is 1.66. The van der Waals surface area contributed by atoms with Crippen molar-refractivity contribution in [2.75, 3.05) is 4.90 Å². The number of carbonyl (C=O) groups excluding carboxylic acids is 1. The Balaban J connectivity index is 2.24. The molecule has 2 aromatic rings. The number of primary amides is 1. The Morgan fingerprint density at radius 3 is 2.76 bits per heavy atom. The van der Waals surface area contributed by atoms with Crippen LogP contribution in [-0.4, -0.2) is 11.0 Å². The summed E-state index contributed by atoms with van der Waals surface area (Å²) in [5.74, 6) is 0.601. The minimum Gasteiger partial charge on any atom is -0.351 e. The molecule has 17 heavy (non-hydrogen) atoms. The van der Waals surface area contributed by atoms with E-state index < -0.39 is 6.03 Å².